The van der Waals surface area contributed by atoms with Crippen molar-refractivity contribution < 1.29 is 4.79 Å². The van der Waals surface area contributed by atoms with Gasteiger partial charge in [0.1, 0.15) is 6.42 Å². The quantitative estimate of drug-likeness (QED) is 0.590. The molecule has 0 aromatic carbocycles. The lowest BCUT2D eigenvalue weighted by molar-refractivity contribution is -0.131. The Morgan fingerprint density at radius 3 is 3.08 bits per heavy atom. The SMILES string of the molecule is N#CCC(=O)N1CCCC(N)C1. The van der Waals surface area contributed by atoms with Gasteiger partial charge in [0.25, 0.3) is 0 Å². The Hall–Kier alpha value is -1.08. The first kappa shape index (κ1) is 9.01. The highest BCUT2D eigenvalue weighted by Crippen LogP contribution is 2.08. The molecule has 1 rings (SSSR count). The molecule has 1 unspecified atom stereocenters. The average molecular weight is 167 g/mol. The molecule has 0 radical (unpaired) electrons. The van der Waals surface area contributed by atoms with Crippen molar-refractivity contribution in [1.82, 2.24) is 4.90 Å². The van der Waals surface area contributed by atoms with Crippen LogP contribution in [0.1, 0.15) is 19.3 Å². The van der Waals surface area contributed by atoms with Crippen LogP contribution in [0.4, 0.5) is 0 Å². The zero-order valence-electron chi connectivity index (χ0n) is 6.99. The number of hydrogen-bond donors (Lipinski definition) is 1. The molecule has 1 atom stereocenters. The second kappa shape index (κ2) is 4.07. The highest BCUT2D eigenvalue weighted by molar-refractivity contribution is 5.78. The molecule has 1 heterocycles. The fraction of sp³-hybridized carbons (Fsp3) is 0.750. The normalized spacial score (nSPS) is 23.3. The Labute approximate surface area is 71.9 Å². The van der Waals surface area contributed by atoms with Gasteiger partial charge in [-0.1, -0.05) is 0 Å². The fourth-order valence-electron chi connectivity index (χ4n) is 1.42. The first-order valence-electron chi connectivity index (χ1n) is 4.14. The molecule has 0 aliphatic carbocycles. The summed E-state index contributed by atoms with van der Waals surface area (Å²) in [6.45, 7) is 1.37. The largest absolute Gasteiger partial charge is 0.340 e. The van der Waals surface area contributed by atoms with E-state index >= 15 is 0 Å². The van der Waals surface area contributed by atoms with E-state index in [4.69, 9.17) is 11.0 Å². The maximum absolute atomic E-state index is 11.2. The van der Waals surface area contributed by atoms with Crippen LogP contribution in [-0.2, 0) is 4.79 Å². The van der Waals surface area contributed by atoms with Crippen LogP contribution in [0.15, 0.2) is 0 Å². The highest BCUT2D eigenvalue weighted by Gasteiger charge is 2.20. The summed E-state index contributed by atoms with van der Waals surface area (Å²) in [5, 5.41) is 8.30. The summed E-state index contributed by atoms with van der Waals surface area (Å²) in [5.74, 6) is -0.0901. The number of carbonyl (C=O) groups is 1. The minimum Gasteiger partial charge on any atom is -0.340 e. The molecule has 4 nitrogen and oxygen atoms in total. The van der Waals surface area contributed by atoms with Gasteiger partial charge in [-0.15, -0.1) is 0 Å². The lowest BCUT2D eigenvalue weighted by atomic mass is 10.1. The number of nitrogens with two attached hydrogens (primary N) is 1. The zero-order valence-corrected chi connectivity index (χ0v) is 6.99. The van der Waals surface area contributed by atoms with Crippen LogP contribution in [0.2, 0.25) is 0 Å². The third-order valence-electron chi connectivity index (χ3n) is 2.04. The van der Waals surface area contributed by atoms with Gasteiger partial charge in [0.05, 0.1) is 6.07 Å². The van der Waals surface area contributed by atoms with Crippen LogP contribution < -0.4 is 5.73 Å². The van der Waals surface area contributed by atoms with Gasteiger partial charge in [0.2, 0.25) is 5.91 Å². The minimum atomic E-state index is -0.0901. The number of nitrogens with zero attached hydrogens (tertiary/aromatic N) is 2. The van der Waals surface area contributed by atoms with Gasteiger partial charge >= 0.3 is 0 Å². The summed E-state index contributed by atoms with van der Waals surface area (Å²) in [6.07, 6.45) is 1.92. The topological polar surface area (TPSA) is 70.1 Å². The monoisotopic (exact) mass is 167 g/mol. The summed E-state index contributed by atoms with van der Waals surface area (Å²) >= 11 is 0. The standard InChI is InChI=1S/C8H13N3O/c9-4-3-8(12)11-5-1-2-7(10)6-11/h7H,1-3,5-6,10H2. The smallest absolute Gasteiger partial charge is 0.236 e. The van der Waals surface area contributed by atoms with Crippen molar-refractivity contribution in [2.75, 3.05) is 13.1 Å². The van der Waals surface area contributed by atoms with Gasteiger partial charge in [0, 0.05) is 19.1 Å². The van der Waals surface area contributed by atoms with E-state index < -0.39 is 0 Å². The molecule has 1 aliphatic rings. The Kier molecular flexibility index (Phi) is 3.06. The molecule has 0 spiro atoms. The molecule has 66 valence electrons. The molecule has 1 aliphatic heterocycles. The second-order valence-electron chi connectivity index (χ2n) is 3.08. The van der Waals surface area contributed by atoms with Crippen molar-refractivity contribution in [2.24, 2.45) is 5.73 Å². The van der Waals surface area contributed by atoms with Gasteiger partial charge in [-0.3, -0.25) is 4.79 Å². The van der Waals surface area contributed by atoms with Crippen molar-refractivity contribution in [3.8, 4) is 6.07 Å². The Morgan fingerprint density at radius 1 is 1.75 bits per heavy atom. The first-order chi connectivity index (χ1) is 5.74. The molecule has 4 heteroatoms. The minimum absolute atomic E-state index is 0.0211. The summed E-state index contributed by atoms with van der Waals surface area (Å²) in [4.78, 5) is 12.9. The van der Waals surface area contributed by atoms with E-state index in [-0.39, 0.29) is 18.4 Å². The van der Waals surface area contributed by atoms with Crippen molar-refractivity contribution in [2.45, 2.75) is 25.3 Å². The van der Waals surface area contributed by atoms with Crippen molar-refractivity contribution in [3.05, 3.63) is 0 Å². The number of piperidine rings is 1. The van der Waals surface area contributed by atoms with Crippen LogP contribution in [0, 0.1) is 11.3 Å². The second-order valence-corrected chi connectivity index (χ2v) is 3.08. The van der Waals surface area contributed by atoms with Crippen LogP contribution >= 0.6 is 0 Å². The van der Waals surface area contributed by atoms with Crippen molar-refractivity contribution in [1.29, 1.82) is 5.26 Å². The maximum atomic E-state index is 11.2. The first-order valence-corrected chi connectivity index (χ1v) is 4.14. The Morgan fingerprint density at radius 2 is 2.50 bits per heavy atom. The molecular weight excluding hydrogens is 154 g/mol. The van der Waals surface area contributed by atoms with Crippen LogP contribution in [0.25, 0.3) is 0 Å². The lowest BCUT2D eigenvalue weighted by Crippen LogP contribution is -2.45. The maximum Gasteiger partial charge on any atom is 0.236 e. The van der Waals surface area contributed by atoms with Crippen molar-refractivity contribution >= 4 is 5.91 Å². The van der Waals surface area contributed by atoms with Gasteiger partial charge in [-0.05, 0) is 12.8 Å². The van der Waals surface area contributed by atoms with Gasteiger partial charge in [0.15, 0.2) is 0 Å². The van der Waals surface area contributed by atoms with E-state index in [1.807, 2.05) is 6.07 Å². The van der Waals surface area contributed by atoms with Crippen molar-refractivity contribution in [3.63, 3.8) is 0 Å². The number of hydrogen-bond acceptors (Lipinski definition) is 3. The predicted molar refractivity (Wildman–Crippen MR) is 44.0 cm³/mol. The van der Waals surface area contributed by atoms with E-state index in [1.54, 1.807) is 4.90 Å². The van der Waals surface area contributed by atoms with E-state index in [9.17, 15) is 4.79 Å². The molecule has 0 saturated carbocycles. The van der Waals surface area contributed by atoms with Crippen LogP contribution in [-0.4, -0.2) is 29.9 Å². The number of rotatable bonds is 1. The molecular formula is C8H13N3O. The molecule has 1 amide bonds. The third-order valence-corrected chi connectivity index (χ3v) is 2.04. The zero-order chi connectivity index (χ0) is 8.97. The molecule has 1 saturated heterocycles. The predicted octanol–water partition coefficient (Wildman–Crippen LogP) is -0.150. The van der Waals surface area contributed by atoms with Crippen LogP contribution in [0.5, 0.6) is 0 Å². The van der Waals surface area contributed by atoms with Gasteiger partial charge in [-0.2, -0.15) is 5.26 Å². The van der Waals surface area contributed by atoms with E-state index in [0.29, 0.717) is 6.54 Å². The van der Waals surface area contributed by atoms with E-state index in [0.717, 1.165) is 19.4 Å². The number of nitriles is 1. The van der Waals surface area contributed by atoms with E-state index in [2.05, 4.69) is 0 Å². The summed E-state index contributed by atoms with van der Waals surface area (Å²) in [6, 6.07) is 1.95. The molecule has 0 aromatic heterocycles. The van der Waals surface area contributed by atoms with Crippen LogP contribution in [0.3, 0.4) is 0 Å². The summed E-state index contributed by atoms with van der Waals surface area (Å²) < 4.78 is 0. The summed E-state index contributed by atoms with van der Waals surface area (Å²) in [5.41, 5.74) is 5.68. The molecule has 0 bridgehead atoms. The Balaban J connectivity index is 2.41. The molecule has 1 fully saturated rings. The Bertz CT molecular complexity index is 209. The summed E-state index contributed by atoms with van der Waals surface area (Å²) in [7, 11) is 0. The number of likely N-dealkylation sites (tertiary alicyclic amines) is 1. The molecule has 12 heavy (non-hydrogen) atoms. The molecule has 2 N–H and O–H groups in total. The van der Waals surface area contributed by atoms with E-state index in [1.165, 1.54) is 0 Å². The third kappa shape index (κ3) is 2.21. The lowest BCUT2D eigenvalue weighted by Gasteiger charge is -2.30. The fourth-order valence-corrected chi connectivity index (χ4v) is 1.42. The number of carbonyl (C=O) groups excluding carboxylic acids is 1. The van der Waals surface area contributed by atoms with Gasteiger partial charge in [-0.25, -0.2) is 0 Å². The average Bonchev–Trinajstić information content (AvgIpc) is 2.05. The molecule has 0 aromatic rings. The number of amides is 1. The highest BCUT2D eigenvalue weighted by atomic mass is 16.2. The van der Waals surface area contributed by atoms with Gasteiger partial charge < -0.3 is 10.6 Å².